The number of hydrazine groups is 1. The Bertz CT molecular complexity index is 696. The second-order valence-electron chi connectivity index (χ2n) is 5.10. The highest BCUT2D eigenvalue weighted by Gasteiger charge is 2.14. The summed E-state index contributed by atoms with van der Waals surface area (Å²) in [6.45, 7) is 5.86. The van der Waals surface area contributed by atoms with Crippen molar-refractivity contribution in [2.24, 2.45) is 0 Å². The van der Waals surface area contributed by atoms with Crippen LogP contribution < -0.4 is 10.3 Å². The first kappa shape index (κ1) is 16.4. The molecule has 22 heavy (non-hydrogen) atoms. The van der Waals surface area contributed by atoms with E-state index in [2.05, 4.69) is 10.3 Å². The van der Waals surface area contributed by atoms with Crippen LogP contribution in [0.1, 0.15) is 34.0 Å². The van der Waals surface area contributed by atoms with Crippen molar-refractivity contribution in [1.29, 1.82) is 0 Å². The lowest BCUT2D eigenvalue weighted by atomic mass is 10.00. The molecule has 0 aliphatic heterocycles. The number of nitrogens with one attached hydrogen (secondary N) is 2. The molecule has 116 valence electrons. The van der Waals surface area contributed by atoms with Gasteiger partial charge in [-0.05, 0) is 43.5 Å². The Labute approximate surface area is 133 Å². The van der Waals surface area contributed by atoms with Gasteiger partial charge < -0.3 is 0 Å². The summed E-state index contributed by atoms with van der Waals surface area (Å²) in [5.74, 6) is -0.268. The largest absolute Gasteiger partial charge is 0.275 e. The molecule has 0 aliphatic carbocycles. The molecule has 0 fully saturated rings. The van der Waals surface area contributed by atoms with Gasteiger partial charge in [0.2, 0.25) is 0 Å². The number of rotatable bonds is 5. The van der Waals surface area contributed by atoms with E-state index < -0.39 is 11.0 Å². The van der Waals surface area contributed by atoms with E-state index in [4.69, 9.17) is 0 Å². The van der Waals surface area contributed by atoms with Crippen LogP contribution in [0.4, 0.5) is 0 Å². The number of hydrogen-bond acceptors (Lipinski definition) is 2. The van der Waals surface area contributed by atoms with Gasteiger partial charge >= 0.3 is 0 Å². The molecule has 0 aliphatic rings. The maximum Gasteiger partial charge on any atom is 0.266 e. The van der Waals surface area contributed by atoms with Crippen LogP contribution in [0.3, 0.4) is 0 Å². The molecule has 0 radical (unpaired) electrons. The fourth-order valence-corrected chi connectivity index (χ4v) is 2.91. The summed E-state index contributed by atoms with van der Waals surface area (Å²) in [6, 6.07) is 13.1. The van der Waals surface area contributed by atoms with Gasteiger partial charge in [-0.3, -0.25) is 10.2 Å². The van der Waals surface area contributed by atoms with Crippen LogP contribution in [-0.4, -0.2) is 10.1 Å². The molecule has 0 aromatic heterocycles. The van der Waals surface area contributed by atoms with Gasteiger partial charge in [0.1, 0.15) is 11.0 Å². The van der Waals surface area contributed by atoms with Crippen LogP contribution in [0, 0.1) is 13.8 Å². The average molecular weight is 316 g/mol. The van der Waals surface area contributed by atoms with Gasteiger partial charge in [-0.15, -0.1) is 4.83 Å². The zero-order chi connectivity index (χ0) is 16.1. The lowest BCUT2D eigenvalue weighted by molar-refractivity contribution is 0.0944. The number of benzene rings is 2. The molecular weight excluding hydrogens is 296 g/mol. The topological polar surface area (TPSA) is 58.2 Å². The van der Waals surface area contributed by atoms with Crippen LogP contribution in [-0.2, 0) is 17.4 Å². The monoisotopic (exact) mass is 316 g/mol. The van der Waals surface area contributed by atoms with E-state index in [9.17, 15) is 9.00 Å². The lowest BCUT2D eigenvalue weighted by Gasteiger charge is -2.12. The fraction of sp³-hybridized carbons (Fsp3) is 0.235. The summed E-state index contributed by atoms with van der Waals surface area (Å²) in [5, 5.41) is 0. The summed E-state index contributed by atoms with van der Waals surface area (Å²) in [4.78, 5) is 15.5. The standard InChI is InChI=1S/C17H20N2O2S/c1-4-14-7-5-6-13(3)16(14)17(20)18-19-22(21)15-10-8-12(2)9-11-15/h5-11,19H,4H2,1-3H3,(H,18,20). The molecule has 0 heterocycles. The molecular formula is C17H20N2O2S. The Hall–Kier alpha value is -1.98. The maximum atomic E-state index is 12.3. The van der Waals surface area contributed by atoms with Gasteiger partial charge in [0, 0.05) is 5.56 Å². The van der Waals surface area contributed by atoms with E-state index in [1.54, 1.807) is 12.1 Å². The summed E-state index contributed by atoms with van der Waals surface area (Å²) >= 11 is 0. The van der Waals surface area contributed by atoms with Crippen molar-refractivity contribution in [3.8, 4) is 0 Å². The number of aryl methyl sites for hydroxylation is 3. The minimum atomic E-state index is -1.48. The Kier molecular flexibility index (Phi) is 5.46. The van der Waals surface area contributed by atoms with Crippen molar-refractivity contribution in [2.75, 3.05) is 0 Å². The Morgan fingerprint density at radius 2 is 1.77 bits per heavy atom. The Morgan fingerprint density at radius 3 is 2.41 bits per heavy atom. The van der Waals surface area contributed by atoms with Gasteiger partial charge in [-0.1, -0.05) is 42.8 Å². The van der Waals surface area contributed by atoms with Crippen molar-refractivity contribution < 1.29 is 9.00 Å². The van der Waals surface area contributed by atoms with E-state index in [0.29, 0.717) is 10.5 Å². The van der Waals surface area contributed by atoms with Crippen molar-refractivity contribution in [1.82, 2.24) is 10.3 Å². The summed E-state index contributed by atoms with van der Waals surface area (Å²) < 4.78 is 12.1. The predicted octanol–water partition coefficient (Wildman–Crippen LogP) is 2.82. The first-order valence-corrected chi connectivity index (χ1v) is 8.30. The highest BCUT2D eigenvalue weighted by molar-refractivity contribution is 7.83. The number of hydrogen-bond donors (Lipinski definition) is 2. The first-order valence-electron chi connectivity index (χ1n) is 7.16. The zero-order valence-electron chi connectivity index (χ0n) is 13.0. The first-order chi connectivity index (χ1) is 10.5. The number of carbonyl (C=O) groups is 1. The smallest absolute Gasteiger partial charge is 0.266 e. The Morgan fingerprint density at radius 1 is 1.09 bits per heavy atom. The van der Waals surface area contributed by atoms with Crippen molar-refractivity contribution in [3.63, 3.8) is 0 Å². The van der Waals surface area contributed by atoms with E-state index >= 15 is 0 Å². The van der Waals surface area contributed by atoms with Crippen molar-refractivity contribution in [3.05, 3.63) is 64.7 Å². The quantitative estimate of drug-likeness (QED) is 0.833. The van der Waals surface area contributed by atoms with Gasteiger partial charge in [0.05, 0.1) is 4.90 Å². The molecule has 1 unspecified atom stereocenters. The molecule has 2 aromatic rings. The molecule has 0 saturated heterocycles. The molecule has 0 saturated carbocycles. The average Bonchev–Trinajstić information content (AvgIpc) is 2.52. The minimum Gasteiger partial charge on any atom is -0.275 e. The van der Waals surface area contributed by atoms with Crippen LogP contribution in [0.15, 0.2) is 47.4 Å². The zero-order valence-corrected chi connectivity index (χ0v) is 13.8. The molecule has 0 spiro atoms. The van der Waals surface area contributed by atoms with Crippen LogP contribution in [0.2, 0.25) is 0 Å². The van der Waals surface area contributed by atoms with Gasteiger partial charge in [0.15, 0.2) is 0 Å². The van der Waals surface area contributed by atoms with E-state index in [1.165, 1.54) is 0 Å². The van der Waals surface area contributed by atoms with Gasteiger partial charge in [-0.25, -0.2) is 4.21 Å². The fourth-order valence-electron chi connectivity index (χ4n) is 2.22. The second-order valence-corrected chi connectivity index (χ2v) is 6.31. The van der Waals surface area contributed by atoms with Crippen molar-refractivity contribution >= 4 is 16.9 Å². The highest BCUT2D eigenvalue weighted by Crippen LogP contribution is 2.14. The highest BCUT2D eigenvalue weighted by atomic mass is 32.2. The molecule has 1 atom stereocenters. The molecule has 2 aromatic carbocycles. The summed E-state index contributed by atoms with van der Waals surface area (Å²) in [5.41, 5.74) is 6.15. The molecule has 2 rings (SSSR count). The molecule has 1 amide bonds. The maximum absolute atomic E-state index is 12.3. The minimum absolute atomic E-state index is 0.268. The molecule has 4 nitrogen and oxygen atoms in total. The van der Waals surface area contributed by atoms with Crippen molar-refractivity contribution in [2.45, 2.75) is 32.1 Å². The number of amides is 1. The molecule has 5 heteroatoms. The SMILES string of the molecule is CCc1cccc(C)c1C(=O)NNS(=O)c1ccc(C)cc1. The van der Waals surface area contributed by atoms with E-state index in [-0.39, 0.29) is 5.91 Å². The van der Waals surface area contributed by atoms with Crippen LogP contribution in [0.5, 0.6) is 0 Å². The summed E-state index contributed by atoms with van der Waals surface area (Å²) in [7, 11) is -1.48. The summed E-state index contributed by atoms with van der Waals surface area (Å²) in [6.07, 6.45) is 0.769. The Balaban J connectivity index is 2.07. The van der Waals surface area contributed by atoms with Crippen LogP contribution in [0.25, 0.3) is 0 Å². The normalized spacial score (nSPS) is 12.0. The lowest BCUT2D eigenvalue weighted by Crippen LogP contribution is -2.39. The third-order valence-corrected chi connectivity index (χ3v) is 4.45. The van der Waals surface area contributed by atoms with E-state index in [1.807, 2.05) is 51.1 Å². The van der Waals surface area contributed by atoms with Crippen LogP contribution >= 0.6 is 0 Å². The predicted molar refractivity (Wildman–Crippen MR) is 88.7 cm³/mol. The molecule has 2 N–H and O–H groups in total. The number of carbonyl (C=O) groups excluding carboxylic acids is 1. The molecule has 0 bridgehead atoms. The third-order valence-electron chi connectivity index (χ3n) is 3.46. The third kappa shape index (κ3) is 3.81. The van der Waals surface area contributed by atoms with Gasteiger partial charge in [-0.2, -0.15) is 0 Å². The van der Waals surface area contributed by atoms with Gasteiger partial charge in [0.25, 0.3) is 5.91 Å². The van der Waals surface area contributed by atoms with E-state index in [0.717, 1.165) is 23.1 Å². The second kappa shape index (κ2) is 7.33.